The van der Waals surface area contributed by atoms with Crippen molar-refractivity contribution in [2.45, 2.75) is 6.54 Å². The maximum Gasteiger partial charge on any atom is 0.180 e. The summed E-state index contributed by atoms with van der Waals surface area (Å²) in [6.07, 6.45) is 5.68. The van der Waals surface area contributed by atoms with Gasteiger partial charge in [-0.25, -0.2) is 9.97 Å². The molecule has 4 aromatic rings. The first-order chi connectivity index (χ1) is 10.4. The first kappa shape index (κ1) is 12.6. The predicted molar refractivity (Wildman–Crippen MR) is 87.9 cm³/mol. The zero-order valence-electron chi connectivity index (χ0n) is 11.1. The summed E-state index contributed by atoms with van der Waals surface area (Å²) in [7, 11) is 0. The Morgan fingerprint density at radius 2 is 2.19 bits per heavy atom. The monoisotopic (exact) mass is 312 g/mol. The number of thiophene rings is 2. The summed E-state index contributed by atoms with van der Waals surface area (Å²) >= 11 is 3.42. The van der Waals surface area contributed by atoms with Crippen molar-refractivity contribution in [3.8, 4) is 11.3 Å². The van der Waals surface area contributed by atoms with Crippen molar-refractivity contribution in [2.24, 2.45) is 0 Å². The summed E-state index contributed by atoms with van der Waals surface area (Å²) in [6.45, 7) is 0.769. The van der Waals surface area contributed by atoms with Gasteiger partial charge < -0.3 is 5.32 Å². The summed E-state index contributed by atoms with van der Waals surface area (Å²) in [5.74, 6) is 0.812. The normalized spacial score (nSPS) is 11.0. The third kappa shape index (κ3) is 2.32. The van der Waals surface area contributed by atoms with Crippen LogP contribution >= 0.6 is 22.7 Å². The quantitative estimate of drug-likeness (QED) is 0.616. The van der Waals surface area contributed by atoms with Crippen LogP contribution in [0.5, 0.6) is 0 Å². The largest absolute Gasteiger partial charge is 0.362 e. The highest BCUT2D eigenvalue weighted by Crippen LogP contribution is 2.25. The average Bonchev–Trinajstić information content (AvgIpc) is 3.24. The van der Waals surface area contributed by atoms with E-state index in [1.54, 1.807) is 22.7 Å². The standard InChI is InChI=1S/C15H12N4S2/c1-2-12(21-6-1)8-17-14-15-16-4-5-19(15)13(9-18-14)11-3-7-20-10-11/h1-7,9-10H,8H2,(H,17,18). The molecule has 0 amide bonds. The lowest BCUT2D eigenvalue weighted by atomic mass is 10.2. The van der Waals surface area contributed by atoms with Crippen molar-refractivity contribution in [1.29, 1.82) is 0 Å². The smallest absolute Gasteiger partial charge is 0.180 e. The second-order valence-electron chi connectivity index (χ2n) is 4.56. The van der Waals surface area contributed by atoms with Gasteiger partial charge in [-0.1, -0.05) is 6.07 Å². The number of imidazole rings is 1. The van der Waals surface area contributed by atoms with Gasteiger partial charge in [0.2, 0.25) is 0 Å². The predicted octanol–water partition coefficient (Wildman–Crippen LogP) is 4.13. The molecule has 0 aliphatic rings. The van der Waals surface area contributed by atoms with Crippen LogP contribution < -0.4 is 5.32 Å². The van der Waals surface area contributed by atoms with E-state index in [4.69, 9.17) is 0 Å². The van der Waals surface area contributed by atoms with E-state index in [0.717, 1.165) is 23.7 Å². The Hall–Kier alpha value is -2.18. The number of aromatic nitrogens is 3. The van der Waals surface area contributed by atoms with E-state index < -0.39 is 0 Å². The third-order valence-corrected chi connectivity index (χ3v) is 4.81. The molecule has 0 radical (unpaired) electrons. The fourth-order valence-electron chi connectivity index (χ4n) is 2.25. The first-order valence-electron chi connectivity index (χ1n) is 6.53. The molecule has 0 atom stereocenters. The van der Waals surface area contributed by atoms with Crippen LogP contribution in [0.3, 0.4) is 0 Å². The molecule has 0 bridgehead atoms. The maximum atomic E-state index is 4.55. The molecule has 0 aromatic carbocycles. The fraction of sp³-hybridized carbons (Fsp3) is 0.0667. The van der Waals surface area contributed by atoms with E-state index in [-0.39, 0.29) is 0 Å². The topological polar surface area (TPSA) is 42.2 Å². The van der Waals surface area contributed by atoms with Gasteiger partial charge in [0.05, 0.1) is 18.4 Å². The molecule has 104 valence electrons. The van der Waals surface area contributed by atoms with Crippen molar-refractivity contribution in [3.05, 3.63) is 57.8 Å². The Kier molecular flexibility index (Phi) is 3.17. The van der Waals surface area contributed by atoms with E-state index in [0.29, 0.717) is 0 Å². The lowest BCUT2D eigenvalue weighted by Gasteiger charge is -2.09. The zero-order chi connectivity index (χ0) is 14.1. The third-order valence-electron chi connectivity index (χ3n) is 3.26. The molecule has 0 aliphatic carbocycles. The lowest BCUT2D eigenvalue weighted by molar-refractivity contribution is 1.09. The van der Waals surface area contributed by atoms with Crippen molar-refractivity contribution in [2.75, 3.05) is 5.32 Å². The molecule has 1 N–H and O–H groups in total. The molecule has 4 rings (SSSR count). The number of hydrogen-bond donors (Lipinski definition) is 1. The summed E-state index contributed by atoms with van der Waals surface area (Å²) in [5.41, 5.74) is 3.08. The zero-order valence-corrected chi connectivity index (χ0v) is 12.7. The Bertz CT molecular complexity index is 847. The van der Waals surface area contributed by atoms with Gasteiger partial charge in [-0.15, -0.1) is 11.3 Å². The minimum Gasteiger partial charge on any atom is -0.362 e. The van der Waals surface area contributed by atoms with Crippen LogP contribution in [0.4, 0.5) is 5.82 Å². The van der Waals surface area contributed by atoms with E-state index in [1.165, 1.54) is 10.4 Å². The molecule has 0 saturated carbocycles. The molecule has 0 saturated heterocycles. The molecule has 6 heteroatoms. The van der Waals surface area contributed by atoms with Crippen LogP contribution in [0.15, 0.2) is 52.9 Å². The van der Waals surface area contributed by atoms with Crippen LogP contribution in [0.25, 0.3) is 16.9 Å². The van der Waals surface area contributed by atoms with E-state index in [1.807, 2.05) is 18.6 Å². The highest BCUT2D eigenvalue weighted by Gasteiger charge is 2.10. The van der Waals surface area contributed by atoms with E-state index >= 15 is 0 Å². The molecule has 4 nitrogen and oxygen atoms in total. The first-order valence-corrected chi connectivity index (χ1v) is 8.35. The molecule has 0 unspecified atom stereocenters. The SMILES string of the molecule is c1csc(CNc2ncc(-c3ccsc3)n3ccnc23)c1. The highest BCUT2D eigenvalue weighted by atomic mass is 32.1. The number of hydrogen-bond acceptors (Lipinski definition) is 5. The molecule has 0 fully saturated rings. The minimum atomic E-state index is 0.769. The molecule has 21 heavy (non-hydrogen) atoms. The number of fused-ring (bicyclic) bond motifs is 1. The lowest BCUT2D eigenvalue weighted by Crippen LogP contribution is -2.03. The van der Waals surface area contributed by atoms with Gasteiger partial charge in [0.15, 0.2) is 11.5 Å². The summed E-state index contributed by atoms with van der Waals surface area (Å²) in [6, 6.07) is 6.26. The Morgan fingerprint density at radius 1 is 1.19 bits per heavy atom. The van der Waals surface area contributed by atoms with Gasteiger partial charge in [0, 0.05) is 28.2 Å². The van der Waals surface area contributed by atoms with Gasteiger partial charge in [-0.05, 0) is 22.9 Å². The van der Waals surface area contributed by atoms with E-state index in [2.05, 4.69) is 54.0 Å². The number of nitrogens with one attached hydrogen (secondary N) is 1. The highest BCUT2D eigenvalue weighted by molar-refractivity contribution is 7.09. The average molecular weight is 312 g/mol. The van der Waals surface area contributed by atoms with Crippen molar-refractivity contribution in [3.63, 3.8) is 0 Å². The summed E-state index contributed by atoms with van der Waals surface area (Å²) < 4.78 is 2.08. The maximum absolute atomic E-state index is 4.55. The fourth-order valence-corrected chi connectivity index (χ4v) is 3.55. The van der Waals surface area contributed by atoms with Gasteiger partial charge in [0.25, 0.3) is 0 Å². The Morgan fingerprint density at radius 3 is 3.00 bits per heavy atom. The van der Waals surface area contributed by atoms with Gasteiger partial charge in [0.1, 0.15) is 0 Å². The molecule has 4 aromatic heterocycles. The van der Waals surface area contributed by atoms with Crippen LogP contribution in [0.1, 0.15) is 4.88 Å². The molecule has 4 heterocycles. The minimum absolute atomic E-state index is 0.769. The van der Waals surface area contributed by atoms with Gasteiger partial charge >= 0.3 is 0 Å². The Balaban J connectivity index is 1.71. The van der Waals surface area contributed by atoms with Crippen LogP contribution in [-0.4, -0.2) is 14.4 Å². The summed E-state index contributed by atoms with van der Waals surface area (Å²) in [4.78, 5) is 10.3. The molecule has 0 spiro atoms. The number of nitrogens with zero attached hydrogens (tertiary/aromatic N) is 3. The number of rotatable bonds is 4. The second-order valence-corrected chi connectivity index (χ2v) is 6.37. The van der Waals surface area contributed by atoms with Crippen LogP contribution in [0, 0.1) is 0 Å². The summed E-state index contributed by atoms with van der Waals surface area (Å²) in [5, 5.41) is 9.64. The van der Waals surface area contributed by atoms with Crippen molar-refractivity contribution < 1.29 is 0 Å². The van der Waals surface area contributed by atoms with Gasteiger partial charge in [-0.2, -0.15) is 11.3 Å². The molecular weight excluding hydrogens is 300 g/mol. The molecular formula is C15H12N4S2. The van der Waals surface area contributed by atoms with Crippen LogP contribution in [0.2, 0.25) is 0 Å². The molecule has 0 aliphatic heterocycles. The van der Waals surface area contributed by atoms with Crippen LogP contribution in [-0.2, 0) is 6.54 Å². The second kappa shape index (κ2) is 5.31. The Labute approximate surface area is 129 Å². The van der Waals surface area contributed by atoms with E-state index in [9.17, 15) is 0 Å². The van der Waals surface area contributed by atoms with Crippen molar-refractivity contribution in [1.82, 2.24) is 14.4 Å². The van der Waals surface area contributed by atoms with Crippen molar-refractivity contribution >= 4 is 34.1 Å². The van der Waals surface area contributed by atoms with Gasteiger partial charge in [-0.3, -0.25) is 4.40 Å². The number of anilines is 1.